The average molecular weight is 300 g/mol. The number of nitrogens with one attached hydrogen (secondary N) is 1. The highest BCUT2D eigenvalue weighted by molar-refractivity contribution is 9.10. The lowest BCUT2D eigenvalue weighted by atomic mass is 10.1. The summed E-state index contributed by atoms with van der Waals surface area (Å²) in [5.74, 6) is -0.781. The number of esters is 1. The second-order valence-electron chi connectivity index (χ2n) is 3.70. The lowest BCUT2D eigenvalue weighted by Gasteiger charge is -2.12. The van der Waals surface area contributed by atoms with E-state index in [1.165, 1.54) is 7.11 Å². The first-order chi connectivity index (χ1) is 7.95. The third-order valence-electron chi connectivity index (χ3n) is 2.27. The second-order valence-corrected chi connectivity index (χ2v) is 4.56. The number of benzene rings is 1. The van der Waals surface area contributed by atoms with Gasteiger partial charge in [-0.25, -0.2) is 4.79 Å². The van der Waals surface area contributed by atoms with Crippen LogP contribution in [0.25, 0.3) is 0 Å². The number of carbonyl (C=O) groups excluding carboxylic acids is 2. The van der Waals surface area contributed by atoms with Crippen LogP contribution in [0, 0.1) is 6.92 Å². The Kier molecular flexibility index (Phi) is 4.69. The molecule has 1 amide bonds. The van der Waals surface area contributed by atoms with Crippen LogP contribution in [0.1, 0.15) is 22.8 Å². The average Bonchev–Trinajstić information content (AvgIpc) is 2.27. The lowest BCUT2D eigenvalue weighted by molar-refractivity contribution is -0.142. The number of carbonyl (C=O) groups is 2. The molecule has 1 aromatic rings. The van der Waals surface area contributed by atoms with Crippen molar-refractivity contribution in [1.82, 2.24) is 5.32 Å². The van der Waals surface area contributed by atoms with E-state index in [0.717, 1.165) is 5.56 Å². The van der Waals surface area contributed by atoms with Crippen molar-refractivity contribution >= 4 is 27.8 Å². The summed E-state index contributed by atoms with van der Waals surface area (Å²) in [7, 11) is 1.28. The van der Waals surface area contributed by atoms with Crippen molar-refractivity contribution in [3.8, 4) is 0 Å². The predicted molar refractivity (Wildman–Crippen MR) is 67.8 cm³/mol. The van der Waals surface area contributed by atoms with Crippen molar-refractivity contribution in [2.45, 2.75) is 19.9 Å². The monoisotopic (exact) mass is 299 g/mol. The summed E-state index contributed by atoms with van der Waals surface area (Å²) in [6, 6.07) is 4.72. The molecule has 0 aliphatic heterocycles. The fourth-order valence-electron chi connectivity index (χ4n) is 1.31. The van der Waals surface area contributed by atoms with Gasteiger partial charge >= 0.3 is 5.97 Å². The summed E-state index contributed by atoms with van der Waals surface area (Å²) in [5, 5.41) is 2.56. The molecule has 1 rings (SSSR count). The molecule has 0 unspecified atom stereocenters. The molecule has 0 fully saturated rings. The molecule has 4 nitrogen and oxygen atoms in total. The van der Waals surface area contributed by atoms with E-state index in [2.05, 4.69) is 26.0 Å². The van der Waals surface area contributed by atoms with Crippen LogP contribution in [0.15, 0.2) is 22.7 Å². The van der Waals surface area contributed by atoms with Gasteiger partial charge in [-0.3, -0.25) is 4.79 Å². The highest BCUT2D eigenvalue weighted by Gasteiger charge is 2.18. The molecule has 1 N–H and O–H groups in total. The first kappa shape index (κ1) is 13.7. The van der Waals surface area contributed by atoms with E-state index in [1.54, 1.807) is 13.0 Å². The van der Waals surface area contributed by atoms with E-state index in [0.29, 0.717) is 10.0 Å². The number of methoxy groups -OCH3 is 1. The quantitative estimate of drug-likeness (QED) is 0.869. The minimum absolute atomic E-state index is 0.310. The Morgan fingerprint density at radius 2 is 2.06 bits per heavy atom. The van der Waals surface area contributed by atoms with Crippen molar-refractivity contribution in [3.63, 3.8) is 0 Å². The molecule has 0 aliphatic rings. The molecule has 0 spiro atoms. The molecule has 1 aromatic carbocycles. The summed E-state index contributed by atoms with van der Waals surface area (Å²) < 4.78 is 5.23. The number of hydrogen-bond donors (Lipinski definition) is 1. The van der Waals surface area contributed by atoms with Gasteiger partial charge in [-0.15, -0.1) is 0 Å². The minimum Gasteiger partial charge on any atom is -0.467 e. The van der Waals surface area contributed by atoms with Gasteiger partial charge in [0.2, 0.25) is 0 Å². The van der Waals surface area contributed by atoms with Crippen LogP contribution in [0.4, 0.5) is 0 Å². The van der Waals surface area contributed by atoms with E-state index in [-0.39, 0.29) is 5.91 Å². The Bertz CT molecular complexity index is 445. The van der Waals surface area contributed by atoms with E-state index in [1.807, 2.05) is 19.1 Å². The third kappa shape index (κ3) is 3.56. The standard InChI is InChI=1S/C12H14BrNO3/c1-7-4-5-9(10(13)6-7)11(15)14-8(2)12(16)17-3/h4-6,8H,1-3H3,(H,14,15)/t8-/m0/s1. The normalized spacial score (nSPS) is 11.8. The van der Waals surface area contributed by atoms with Gasteiger partial charge in [-0.05, 0) is 47.5 Å². The Morgan fingerprint density at radius 1 is 1.41 bits per heavy atom. The first-order valence-corrected chi connectivity index (χ1v) is 5.90. The molecular formula is C12H14BrNO3. The fraction of sp³-hybridized carbons (Fsp3) is 0.333. The molecule has 0 aliphatic carbocycles. The summed E-state index contributed by atoms with van der Waals surface area (Å²) in [6.45, 7) is 3.51. The maximum absolute atomic E-state index is 11.9. The van der Waals surface area contributed by atoms with Crippen molar-refractivity contribution in [2.75, 3.05) is 7.11 Å². The topological polar surface area (TPSA) is 55.4 Å². The lowest BCUT2D eigenvalue weighted by Crippen LogP contribution is -2.39. The van der Waals surface area contributed by atoms with E-state index >= 15 is 0 Å². The fourth-order valence-corrected chi connectivity index (χ4v) is 1.99. The molecule has 5 heteroatoms. The van der Waals surface area contributed by atoms with Crippen LogP contribution in [0.5, 0.6) is 0 Å². The Balaban J connectivity index is 2.80. The zero-order valence-corrected chi connectivity index (χ0v) is 11.5. The van der Waals surface area contributed by atoms with Crippen molar-refractivity contribution < 1.29 is 14.3 Å². The van der Waals surface area contributed by atoms with Crippen LogP contribution in [-0.4, -0.2) is 25.0 Å². The molecule has 0 saturated carbocycles. The smallest absolute Gasteiger partial charge is 0.328 e. The molecular weight excluding hydrogens is 286 g/mol. The van der Waals surface area contributed by atoms with Crippen LogP contribution < -0.4 is 5.32 Å². The minimum atomic E-state index is -0.666. The first-order valence-electron chi connectivity index (χ1n) is 5.10. The SMILES string of the molecule is COC(=O)[C@H](C)NC(=O)c1ccc(C)cc1Br. The highest BCUT2D eigenvalue weighted by atomic mass is 79.9. The number of amides is 1. The van der Waals surface area contributed by atoms with Gasteiger partial charge in [-0.2, -0.15) is 0 Å². The number of aryl methyl sites for hydroxylation is 1. The number of rotatable bonds is 3. The Hall–Kier alpha value is -1.36. The molecule has 1 atom stereocenters. The molecule has 0 saturated heterocycles. The van der Waals surface area contributed by atoms with E-state index in [9.17, 15) is 9.59 Å². The van der Waals surface area contributed by atoms with Crippen molar-refractivity contribution in [1.29, 1.82) is 0 Å². The predicted octanol–water partition coefficient (Wildman–Crippen LogP) is 2.05. The van der Waals surface area contributed by atoms with Crippen LogP contribution in [0.3, 0.4) is 0 Å². The Morgan fingerprint density at radius 3 is 2.59 bits per heavy atom. The number of ether oxygens (including phenoxy) is 1. The third-order valence-corrected chi connectivity index (χ3v) is 2.93. The zero-order valence-electron chi connectivity index (χ0n) is 9.91. The van der Waals surface area contributed by atoms with Gasteiger partial charge in [0.05, 0.1) is 12.7 Å². The van der Waals surface area contributed by atoms with Crippen LogP contribution in [0.2, 0.25) is 0 Å². The summed E-state index contributed by atoms with van der Waals surface area (Å²) in [5.41, 5.74) is 1.54. The van der Waals surface area contributed by atoms with Crippen molar-refractivity contribution in [3.05, 3.63) is 33.8 Å². The maximum Gasteiger partial charge on any atom is 0.328 e. The number of halogens is 1. The van der Waals surface area contributed by atoms with E-state index in [4.69, 9.17) is 0 Å². The molecule has 0 aromatic heterocycles. The molecule has 0 radical (unpaired) electrons. The number of hydrogen-bond acceptors (Lipinski definition) is 3. The Labute approximate surface area is 108 Å². The molecule has 0 bridgehead atoms. The molecule has 0 heterocycles. The molecule has 92 valence electrons. The van der Waals surface area contributed by atoms with Gasteiger partial charge in [0, 0.05) is 4.47 Å². The molecule has 17 heavy (non-hydrogen) atoms. The highest BCUT2D eigenvalue weighted by Crippen LogP contribution is 2.18. The summed E-state index contributed by atoms with van der Waals surface area (Å²) >= 11 is 3.31. The zero-order chi connectivity index (χ0) is 13.0. The van der Waals surface area contributed by atoms with Gasteiger partial charge in [0.25, 0.3) is 5.91 Å². The largest absolute Gasteiger partial charge is 0.467 e. The van der Waals surface area contributed by atoms with Gasteiger partial charge in [-0.1, -0.05) is 6.07 Å². The van der Waals surface area contributed by atoms with E-state index < -0.39 is 12.0 Å². The van der Waals surface area contributed by atoms with Crippen molar-refractivity contribution in [2.24, 2.45) is 0 Å². The van der Waals surface area contributed by atoms with Gasteiger partial charge in [0.1, 0.15) is 6.04 Å². The van der Waals surface area contributed by atoms with Gasteiger partial charge < -0.3 is 10.1 Å². The van der Waals surface area contributed by atoms with Crippen LogP contribution in [-0.2, 0) is 9.53 Å². The summed E-state index contributed by atoms with van der Waals surface area (Å²) in [6.07, 6.45) is 0. The summed E-state index contributed by atoms with van der Waals surface area (Å²) in [4.78, 5) is 23.0. The maximum atomic E-state index is 11.9. The second kappa shape index (κ2) is 5.82. The van der Waals surface area contributed by atoms with Gasteiger partial charge in [0.15, 0.2) is 0 Å². The van der Waals surface area contributed by atoms with Crippen LogP contribution >= 0.6 is 15.9 Å².